The average Bonchev–Trinajstić information content (AvgIpc) is 1.95. The monoisotopic (exact) mass is 150 g/mol. The molecule has 2 nitrogen and oxygen atoms in total. The SMILES string of the molecule is Cc1cnc(CCN)c(C)c1. The fraction of sp³-hybridized carbons (Fsp3) is 0.444. The van der Waals surface area contributed by atoms with E-state index in [1.165, 1.54) is 11.1 Å². The highest BCUT2D eigenvalue weighted by Crippen LogP contribution is 2.06. The van der Waals surface area contributed by atoms with Crippen molar-refractivity contribution in [2.45, 2.75) is 20.3 Å². The topological polar surface area (TPSA) is 38.9 Å². The summed E-state index contributed by atoms with van der Waals surface area (Å²) in [6.07, 6.45) is 2.77. The van der Waals surface area contributed by atoms with Gasteiger partial charge < -0.3 is 5.73 Å². The van der Waals surface area contributed by atoms with Gasteiger partial charge >= 0.3 is 0 Å². The van der Waals surface area contributed by atoms with E-state index in [1.807, 2.05) is 13.1 Å². The predicted octanol–water partition coefficient (Wildman–Crippen LogP) is 1.20. The summed E-state index contributed by atoms with van der Waals surface area (Å²) in [6, 6.07) is 2.14. The zero-order valence-electron chi connectivity index (χ0n) is 7.09. The van der Waals surface area contributed by atoms with Crippen LogP contribution in [0, 0.1) is 13.8 Å². The molecule has 0 bridgehead atoms. The molecule has 2 heteroatoms. The average molecular weight is 150 g/mol. The van der Waals surface area contributed by atoms with Crippen LogP contribution < -0.4 is 5.73 Å². The van der Waals surface area contributed by atoms with Crippen molar-refractivity contribution in [1.82, 2.24) is 4.98 Å². The maximum Gasteiger partial charge on any atom is 0.0445 e. The first-order valence-electron chi connectivity index (χ1n) is 3.86. The minimum atomic E-state index is 0.677. The Kier molecular flexibility index (Phi) is 2.60. The number of nitrogens with zero attached hydrogens (tertiary/aromatic N) is 1. The highest BCUT2D eigenvalue weighted by Gasteiger charge is 1.97. The van der Waals surface area contributed by atoms with Crippen molar-refractivity contribution in [3.8, 4) is 0 Å². The highest BCUT2D eigenvalue weighted by molar-refractivity contribution is 5.23. The fourth-order valence-electron chi connectivity index (χ4n) is 1.14. The molecular weight excluding hydrogens is 136 g/mol. The Morgan fingerprint density at radius 3 is 2.73 bits per heavy atom. The molecule has 1 aromatic heterocycles. The van der Waals surface area contributed by atoms with Crippen molar-refractivity contribution < 1.29 is 0 Å². The molecule has 0 aromatic carbocycles. The molecule has 0 aliphatic rings. The van der Waals surface area contributed by atoms with E-state index in [9.17, 15) is 0 Å². The lowest BCUT2D eigenvalue weighted by molar-refractivity contribution is 0.906. The second-order valence-corrected chi connectivity index (χ2v) is 2.81. The van der Waals surface area contributed by atoms with Crippen LogP contribution in [0.1, 0.15) is 16.8 Å². The quantitative estimate of drug-likeness (QED) is 0.688. The summed E-state index contributed by atoms with van der Waals surface area (Å²) in [4.78, 5) is 4.29. The maximum atomic E-state index is 5.43. The maximum absolute atomic E-state index is 5.43. The summed E-state index contributed by atoms with van der Waals surface area (Å²) >= 11 is 0. The molecule has 0 saturated carbocycles. The summed E-state index contributed by atoms with van der Waals surface area (Å²) in [5, 5.41) is 0. The number of aryl methyl sites for hydroxylation is 2. The molecule has 1 aromatic rings. The molecule has 0 radical (unpaired) electrons. The Morgan fingerprint density at radius 1 is 1.45 bits per heavy atom. The van der Waals surface area contributed by atoms with Crippen molar-refractivity contribution in [2.75, 3.05) is 6.54 Å². The Morgan fingerprint density at radius 2 is 2.18 bits per heavy atom. The number of hydrogen-bond acceptors (Lipinski definition) is 2. The van der Waals surface area contributed by atoms with Gasteiger partial charge in [-0.15, -0.1) is 0 Å². The van der Waals surface area contributed by atoms with Gasteiger partial charge in [-0.3, -0.25) is 4.98 Å². The van der Waals surface area contributed by atoms with Gasteiger partial charge in [0.1, 0.15) is 0 Å². The van der Waals surface area contributed by atoms with E-state index >= 15 is 0 Å². The zero-order valence-corrected chi connectivity index (χ0v) is 7.09. The van der Waals surface area contributed by atoms with Gasteiger partial charge in [0, 0.05) is 18.3 Å². The van der Waals surface area contributed by atoms with Crippen LogP contribution in [-0.2, 0) is 6.42 Å². The fourth-order valence-corrected chi connectivity index (χ4v) is 1.14. The van der Waals surface area contributed by atoms with Crippen molar-refractivity contribution in [3.63, 3.8) is 0 Å². The molecule has 0 saturated heterocycles. The number of rotatable bonds is 2. The Labute approximate surface area is 67.5 Å². The molecule has 0 amide bonds. The molecule has 1 rings (SSSR count). The Hall–Kier alpha value is -0.890. The lowest BCUT2D eigenvalue weighted by atomic mass is 10.1. The summed E-state index contributed by atoms with van der Waals surface area (Å²) in [6.45, 7) is 4.80. The van der Waals surface area contributed by atoms with Gasteiger partial charge in [0.05, 0.1) is 0 Å². The number of pyridine rings is 1. The third-order valence-electron chi connectivity index (χ3n) is 1.70. The van der Waals surface area contributed by atoms with E-state index in [1.54, 1.807) is 0 Å². The standard InChI is InChI=1S/C9H14N2/c1-7-5-8(2)9(3-4-10)11-6-7/h5-6H,3-4,10H2,1-2H3. The van der Waals surface area contributed by atoms with E-state index in [0.717, 1.165) is 12.1 Å². The first-order valence-corrected chi connectivity index (χ1v) is 3.86. The normalized spacial score (nSPS) is 10.1. The molecule has 0 atom stereocenters. The minimum Gasteiger partial charge on any atom is -0.330 e. The number of hydrogen-bond donors (Lipinski definition) is 1. The molecule has 60 valence electrons. The van der Waals surface area contributed by atoms with Gasteiger partial charge in [-0.05, 0) is 31.5 Å². The smallest absolute Gasteiger partial charge is 0.0445 e. The van der Waals surface area contributed by atoms with Crippen LogP contribution in [0.3, 0.4) is 0 Å². The van der Waals surface area contributed by atoms with Crippen molar-refractivity contribution in [3.05, 3.63) is 29.1 Å². The molecule has 0 fully saturated rings. The molecule has 2 N–H and O–H groups in total. The van der Waals surface area contributed by atoms with E-state index in [-0.39, 0.29) is 0 Å². The minimum absolute atomic E-state index is 0.677. The van der Waals surface area contributed by atoms with Crippen LogP contribution in [0.15, 0.2) is 12.3 Å². The Balaban J connectivity index is 2.90. The van der Waals surface area contributed by atoms with Crippen molar-refractivity contribution in [2.24, 2.45) is 5.73 Å². The summed E-state index contributed by atoms with van der Waals surface area (Å²) < 4.78 is 0. The number of nitrogens with two attached hydrogens (primary N) is 1. The van der Waals surface area contributed by atoms with Gasteiger partial charge in [-0.25, -0.2) is 0 Å². The van der Waals surface area contributed by atoms with Gasteiger partial charge in [0.15, 0.2) is 0 Å². The van der Waals surface area contributed by atoms with Crippen LogP contribution >= 0.6 is 0 Å². The zero-order chi connectivity index (χ0) is 8.27. The van der Waals surface area contributed by atoms with Crippen molar-refractivity contribution in [1.29, 1.82) is 0 Å². The third-order valence-corrected chi connectivity index (χ3v) is 1.70. The third kappa shape index (κ3) is 2.02. The number of aromatic nitrogens is 1. The van der Waals surface area contributed by atoms with Gasteiger partial charge in [0.25, 0.3) is 0 Å². The predicted molar refractivity (Wildman–Crippen MR) is 46.5 cm³/mol. The van der Waals surface area contributed by atoms with Gasteiger partial charge in [0.2, 0.25) is 0 Å². The Bertz CT molecular complexity index is 243. The van der Waals surface area contributed by atoms with Crippen molar-refractivity contribution >= 4 is 0 Å². The van der Waals surface area contributed by atoms with Crippen LogP contribution in [0.4, 0.5) is 0 Å². The summed E-state index contributed by atoms with van der Waals surface area (Å²) in [7, 11) is 0. The van der Waals surface area contributed by atoms with Gasteiger partial charge in [-0.2, -0.15) is 0 Å². The lowest BCUT2D eigenvalue weighted by Gasteiger charge is -2.02. The van der Waals surface area contributed by atoms with E-state index in [2.05, 4.69) is 18.0 Å². The van der Waals surface area contributed by atoms with E-state index in [0.29, 0.717) is 6.54 Å². The van der Waals surface area contributed by atoms with Crippen LogP contribution in [0.2, 0.25) is 0 Å². The largest absolute Gasteiger partial charge is 0.330 e. The second-order valence-electron chi connectivity index (χ2n) is 2.81. The lowest BCUT2D eigenvalue weighted by Crippen LogP contribution is -2.06. The molecule has 0 unspecified atom stereocenters. The molecule has 1 heterocycles. The summed E-state index contributed by atoms with van der Waals surface area (Å²) in [5.74, 6) is 0. The van der Waals surface area contributed by atoms with Gasteiger partial charge in [-0.1, -0.05) is 6.07 Å². The van der Waals surface area contributed by atoms with Crippen LogP contribution in [0.5, 0.6) is 0 Å². The van der Waals surface area contributed by atoms with Crippen LogP contribution in [0.25, 0.3) is 0 Å². The molecular formula is C9H14N2. The van der Waals surface area contributed by atoms with E-state index < -0.39 is 0 Å². The molecule has 0 aliphatic heterocycles. The molecule has 0 spiro atoms. The molecule has 0 aliphatic carbocycles. The first-order chi connectivity index (χ1) is 5.24. The summed E-state index contributed by atoms with van der Waals surface area (Å²) in [5.41, 5.74) is 9.01. The van der Waals surface area contributed by atoms with E-state index in [4.69, 9.17) is 5.73 Å². The highest BCUT2D eigenvalue weighted by atomic mass is 14.7. The van der Waals surface area contributed by atoms with Crippen LogP contribution in [-0.4, -0.2) is 11.5 Å². The second kappa shape index (κ2) is 3.49. The first kappa shape index (κ1) is 8.21. The molecule has 11 heavy (non-hydrogen) atoms.